The summed E-state index contributed by atoms with van der Waals surface area (Å²) in [5.41, 5.74) is 1.60. The summed E-state index contributed by atoms with van der Waals surface area (Å²) in [5.74, 6) is 0. The molecule has 0 saturated carbocycles. The summed E-state index contributed by atoms with van der Waals surface area (Å²) in [5, 5.41) is 12.1. The molecule has 0 spiro atoms. The van der Waals surface area contributed by atoms with E-state index in [1.165, 1.54) is 0 Å². The fourth-order valence-electron chi connectivity index (χ4n) is 1.07. The molecule has 70 valence electrons. The molecule has 14 heavy (non-hydrogen) atoms. The molecule has 0 unspecified atom stereocenters. The average molecular weight is 186 g/mol. The number of azo groups is 1. The van der Waals surface area contributed by atoms with Gasteiger partial charge < -0.3 is 0 Å². The Balaban J connectivity index is 2.15. The lowest BCUT2D eigenvalue weighted by atomic mass is 10.3. The predicted octanol–water partition coefficient (Wildman–Crippen LogP) is 2.84. The highest BCUT2D eigenvalue weighted by Crippen LogP contribution is 2.15. The van der Waals surface area contributed by atoms with Crippen LogP contribution in [0.25, 0.3) is 0 Å². The Labute approximate surface area is 81.9 Å². The van der Waals surface area contributed by atoms with Gasteiger partial charge in [-0.15, -0.1) is 5.11 Å². The van der Waals surface area contributed by atoms with Crippen molar-refractivity contribution in [1.29, 1.82) is 0 Å². The van der Waals surface area contributed by atoms with Crippen molar-refractivity contribution in [2.45, 2.75) is 0 Å². The topological polar surface area (TPSA) is 42.5 Å². The zero-order valence-corrected chi connectivity index (χ0v) is 7.83. The normalized spacial score (nSPS) is 10.9. The second-order valence-corrected chi connectivity index (χ2v) is 2.91. The van der Waals surface area contributed by atoms with Crippen LogP contribution in [-0.2, 0) is 7.05 Å². The molecule has 0 N–H and O–H groups in total. The Morgan fingerprint density at radius 1 is 1.07 bits per heavy atom. The molecular weight excluding hydrogens is 176 g/mol. The fourth-order valence-corrected chi connectivity index (χ4v) is 1.07. The van der Waals surface area contributed by atoms with Crippen LogP contribution in [0.2, 0.25) is 0 Å². The molecule has 0 atom stereocenters. The lowest BCUT2D eigenvalue weighted by molar-refractivity contribution is 0.768. The van der Waals surface area contributed by atoms with Crippen LogP contribution in [0, 0.1) is 0 Å². The summed E-state index contributed by atoms with van der Waals surface area (Å²) in [6, 6.07) is 9.61. The molecule has 0 aliphatic rings. The van der Waals surface area contributed by atoms with E-state index in [0.717, 1.165) is 11.4 Å². The summed E-state index contributed by atoms with van der Waals surface area (Å²) in [7, 11) is 1.85. The SMILES string of the molecule is Cn1cc(/N=N/c2ccccc2)cn1. The Bertz CT molecular complexity index is 430. The molecule has 1 heterocycles. The van der Waals surface area contributed by atoms with Gasteiger partial charge in [-0.1, -0.05) is 18.2 Å². The Kier molecular flexibility index (Phi) is 2.36. The molecule has 1 aromatic carbocycles. The van der Waals surface area contributed by atoms with Crippen molar-refractivity contribution >= 4 is 11.4 Å². The van der Waals surface area contributed by atoms with Crippen LogP contribution in [0.4, 0.5) is 11.4 Å². The summed E-state index contributed by atoms with van der Waals surface area (Å²) in [4.78, 5) is 0. The van der Waals surface area contributed by atoms with Gasteiger partial charge in [0.15, 0.2) is 0 Å². The fraction of sp³-hybridized carbons (Fsp3) is 0.100. The van der Waals surface area contributed by atoms with Gasteiger partial charge in [0.1, 0.15) is 5.69 Å². The van der Waals surface area contributed by atoms with Crippen LogP contribution in [0.3, 0.4) is 0 Å². The standard InChI is InChI=1S/C10H10N4/c1-14-8-10(7-11-14)13-12-9-5-3-2-4-6-9/h2-8H,1H3/b13-12+. The van der Waals surface area contributed by atoms with E-state index in [9.17, 15) is 0 Å². The van der Waals surface area contributed by atoms with E-state index in [1.54, 1.807) is 10.9 Å². The molecule has 4 heteroatoms. The molecule has 4 nitrogen and oxygen atoms in total. The van der Waals surface area contributed by atoms with Crippen molar-refractivity contribution in [1.82, 2.24) is 9.78 Å². The summed E-state index contributed by atoms with van der Waals surface area (Å²) >= 11 is 0. The first-order chi connectivity index (χ1) is 6.84. The second kappa shape index (κ2) is 3.83. The molecule has 0 aliphatic heterocycles. The van der Waals surface area contributed by atoms with E-state index in [4.69, 9.17) is 0 Å². The van der Waals surface area contributed by atoms with Crippen molar-refractivity contribution in [3.05, 3.63) is 42.7 Å². The number of nitrogens with zero attached hydrogens (tertiary/aromatic N) is 4. The highest BCUT2D eigenvalue weighted by Gasteiger charge is 1.91. The van der Waals surface area contributed by atoms with Crippen molar-refractivity contribution in [3.8, 4) is 0 Å². The van der Waals surface area contributed by atoms with Gasteiger partial charge >= 0.3 is 0 Å². The van der Waals surface area contributed by atoms with Crippen LogP contribution in [0.15, 0.2) is 53.0 Å². The first kappa shape index (κ1) is 8.62. The Hall–Kier alpha value is -1.97. The number of aromatic nitrogens is 2. The zero-order chi connectivity index (χ0) is 9.80. The lowest BCUT2D eigenvalue weighted by Gasteiger charge is -1.88. The van der Waals surface area contributed by atoms with Gasteiger partial charge in [0.05, 0.1) is 18.1 Å². The van der Waals surface area contributed by atoms with Crippen molar-refractivity contribution in [2.75, 3.05) is 0 Å². The minimum absolute atomic E-state index is 0.761. The molecule has 1 aromatic heterocycles. The molecule has 0 radical (unpaired) electrons. The van der Waals surface area contributed by atoms with E-state index >= 15 is 0 Å². The first-order valence-electron chi connectivity index (χ1n) is 4.30. The van der Waals surface area contributed by atoms with Gasteiger partial charge in [0.25, 0.3) is 0 Å². The van der Waals surface area contributed by atoms with Gasteiger partial charge in [-0.05, 0) is 12.1 Å². The molecule has 2 aromatic rings. The average Bonchev–Trinajstić information content (AvgIpc) is 2.63. The maximum absolute atomic E-state index is 4.06. The third-order valence-electron chi connectivity index (χ3n) is 1.73. The van der Waals surface area contributed by atoms with Gasteiger partial charge in [-0.25, -0.2) is 0 Å². The number of aryl methyl sites for hydroxylation is 1. The smallest absolute Gasteiger partial charge is 0.124 e. The first-order valence-corrected chi connectivity index (χ1v) is 4.30. The van der Waals surface area contributed by atoms with Crippen LogP contribution in [-0.4, -0.2) is 9.78 Å². The Morgan fingerprint density at radius 2 is 1.79 bits per heavy atom. The third-order valence-corrected chi connectivity index (χ3v) is 1.73. The quantitative estimate of drug-likeness (QED) is 0.665. The minimum Gasteiger partial charge on any atom is -0.274 e. The summed E-state index contributed by atoms with van der Waals surface area (Å²) < 4.78 is 1.69. The molecular formula is C10H10N4. The summed E-state index contributed by atoms with van der Waals surface area (Å²) in [6.07, 6.45) is 3.48. The van der Waals surface area contributed by atoms with E-state index in [2.05, 4.69) is 15.3 Å². The second-order valence-electron chi connectivity index (χ2n) is 2.91. The Morgan fingerprint density at radius 3 is 2.43 bits per heavy atom. The van der Waals surface area contributed by atoms with E-state index in [-0.39, 0.29) is 0 Å². The highest BCUT2D eigenvalue weighted by atomic mass is 15.3. The van der Waals surface area contributed by atoms with Crippen LogP contribution in [0.1, 0.15) is 0 Å². The van der Waals surface area contributed by atoms with Gasteiger partial charge in [0.2, 0.25) is 0 Å². The number of rotatable bonds is 2. The van der Waals surface area contributed by atoms with Gasteiger partial charge in [-0.2, -0.15) is 10.2 Å². The molecule has 0 amide bonds. The summed E-state index contributed by atoms with van der Waals surface area (Å²) in [6.45, 7) is 0. The number of hydrogen-bond acceptors (Lipinski definition) is 3. The van der Waals surface area contributed by atoms with Gasteiger partial charge in [-0.3, -0.25) is 4.68 Å². The number of benzene rings is 1. The monoisotopic (exact) mass is 186 g/mol. The molecule has 2 rings (SSSR count). The maximum Gasteiger partial charge on any atom is 0.124 e. The van der Waals surface area contributed by atoms with E-state index in [0.29, 0.717) is 0 Å². The largest absolute Gasteiger partial charge is 0.274 e. The van der Waals surface area contributed by atoms with E-state index in [1.807, 2.05) is 43.6 Å². The molecule has 0 bridgehead atoms. The van der Waals surface area contributed by atoms with Crippen LogP contribution < -0.4 is 0 Å². The number of hydrogen-bond donors (Lipinski definition) is 0. The molecule has 0 saturated heterocycles. The van der Waals surface area contributed by atoms with Gasteiger partial charge in [0, 0.05) is 7.05 Å². The van der Waals surface area contributed by atoms with Crippen LogP contribution in [0.5, 0.6) is 0 Å². The molecule has 0 fully saturated rings. The zero-order valence-electron chi connectivity index (χ0n) is 7.83. The predicted molar refractivity (Wildman–Crippen MR) is 53.8 cm³/mol. The third kappa shape index (κ3) is 2.04. The lowest BCUT2D eigenvalue weighted by Crippen LogP contribution is -1.83. The molecule has 0 aliphatic carbocycles. The van der Waals surface area contributed by atoms with E-state index < -0.39 is 0 Å². The van der Waals surface area contributed by atoms with Crippen molar-refractivity contribution < 1.29 is 0 Å². The minimum atomic E-state index is 0.761. The van der Waals surface area contributed by atoms with Crippen LogP contribution >= 0.6 is 0 Å². The highest BCUT2D eigenvalue weighted by molar-refractivity contribution is 5.37. The van der Waals surface area contributed by atoms with Crippen molar-refractivity contribution in [3.63, 3.8) is 0 Å². The maximum atomic E-state index is 4.06. The van der Waals surface area contributed by atoms with Crippen molar-refractivity contribution in [2.24, 2.45) is 17.3 Å².